The van der Waals surface area contributed by atoms with Crippen molar-refractivity contribution >= 4 is 5.96 Å². The third kappa shape index (κ3) is 2.56. The molecule has 1 aromatic heterocycles. The largest absolute Gasteiger partial charge is 0.376 e. The smallest absolute Gasteiger partial charge is 0.192 e. The summed E-state index contributed by atoms with van der Waals surface area (Å²) in [5.41, 5.74) is 8.22. The van der Waals surface area contributed by atoms with E-state index < -0.39 is 0 Å². The SMILES string of the molecule is Cc1ccc(C2CN=C(N)N2CC2CCCO2)cn1. The molecule has 0 saturated carbocycles. The fourth-order valence-electron chi connectivity index (χ4n) is 2.72. The minimum absolute atomic E-state index is 0.206. The number of aromatic nitrogens is 1. The first-order chi connectivity index (χ1) is 9.24. The quantitative estimate of drug-likeness (QED) is 0.888. The molecule has 0 bridgehead atoms. The van der Waals surface area contributed by atoms with Crippen molar-refractivity contribution in [3.8, 4) is 0 Å². The Morgan fingerprint density at radius 3 is 3.05 bits per heavy atom. The van der Waals surface area contributed by atoms with Gasteiger partial charge in [-0.25, -0.2) is 0 Å². The number of pyridine rings is 1. The average molecular weight is 260 g/mol. The lowest BCUT2D eigenvalue weighted by Crippen LogP contribution is -2.41. The molecule has 0 radical (unpaired) electrons. The van der Waals surface area contributed by atoms with Crippen molar-refractivity contribution in [2.45, 2.75) is 31.9 Å². The van der Waals surface area contributed by atoms with Crippen molar-refractivity contribution in [2.75, 3.05) is 19.7 Å². The highest BCUT2D eigenvalue weighted by atomic mass is 16.5. The molecule has 5 nitrogen and oxygen atoms in total. The number of aliphatic imine (C=N–C) groups is 1. The Bertz CT molecular complexity index is 465. The van der Waals surface area contributed by atoms with Crippen molar-refractivity contribution < 1.29 is 4.74 Å². The Morgan fingerprint density at radius 1 is 1.47 bits per heavy atom. The van der Waals surface area contributed by atoms with Crippen LogP contribution in [-0.2, 0) is 4.74 Å². The Morgan fingerprint density at radius 2 is 2.37 bits per heavy atom. The van der Waals surface area contributed by atoms with Crippen molar-refractivity contribution in [2.24, 2.45) is 10.7 Å². The third-order valence-corrected chi connectivity index (χ3v) is 3.84. The van der Waals surface area contributed by atoms with E-state index in [0.29, 0.717) is 12.5 Å². The molecule has 1 fully saturated rings. The van der Waals surface area contributed by atoms with Gasteiger partial charge in [-0.2, -0.15) is 0 Å². The van der Waals surface area contributed by atoms with Crippen molar-refractivity contribution in [1.82, 2.24) is 9.88 Å². The fraction of sp³-hybridized carbons (Fsp3) is 0.571. The van der Waals surface area contributed by atoms with Crippen LogP contribution in [0.2, 0.25) is 0 Å². The van der Waals surface area contributed by atoms with Crippen LogP contribution in [0.25, 0.3) is 0 Å². The van der Waals surface area contributed by atoms with Gasteiger partial charge in [-0.1, -0.05) is 6.07 Å². The molecule has 1 aromatic rings. The zero-order valence-corrected chi connectivity index (χ0v) is 11.2. The van der Waals surface area contributed by atoms with Crippen LogP contribution in [0.1, 0.15) is 30.1 Å². The number of aryl methyl sites for hydroxylation is 1. The normalized spacial score (nSPS) is 26.8. The van der Waals surface area contributed by atoms with Gasteiger partial charge in [0, 0.05) is 25.0 Å². The van der Waals surface area contributed by atoms with Gasteiger partial charge in [0.25, 0.3) is 0 Å². The summed E-state index contributed by atoms with van der Waals surface area (Å²) in [7, 11) is 0. The Balaban J connectivity index is 1.75. The van der Waals surface area contributed by atoms with E-state index in [1.54, 1.807) is 0 Å². The van der Waals surface area contributed by atoms with Gasteiger partial charge in [-0.3, -0.25) is 9.98 Å². The van der Waals surface area contributed by atoms with Crippen molar-refractivity contribution in [3.05, 3.63) is 29.6 Å². The highest BCUT2D eigenvalue weighted by Gasteiger charge is 2.30. The number of ether oxygens (including phenoxy) is 1. The van der Waals surface area contributed by atoms with Crippen LogP contribution in [0.4, 0.5) is 0 Å². The maximum Gasteiger partial charge on any atom is 0.192 e. The van der Waals surface area contributed by atoms with Gasteiger partial charge in [0.2, 0.25) is 0 Å². The van der Waals surface area contributed by atoms with Gasteiger partial charge in [0.05, 0.1) is 18.7 Å². The number of rotatable bonds is 3. The predicted molar refractivity (Wildman–Crippen MR) is 73.9 cm³/mol. The topological polar surface area (TPSA) is 63.7 Å². The summed E-state index contributed by atoms with van der Waals surface area (Å²) in [6.45, 7) is 4.40. The number of hydrogen-bond donors (Lipinski definition) is 1. The first-order valence-corrected chi connectivity index (χ1v) is 6.85. The summed E-state index contributed by atoms with van der Waals surface area (Å²) in [6.07, 6.45) is 4.47. The molecule has 0 amide bonds. The molecule has 102 valence electrons. The Labute approximate surface area is 113 Å². The van der Waals surface area contributed by atoms with Crippen LogP contribution in [0, 0.1) is 6.92 Å². The highest BCUT2D eigenvalue weighted by molar-refractivity contribution is 5.80. The van der Waals surface area contributed by atoms with Crippen molar-refractivity contribution in [1.29, 1.82) is 0 Å². The van der Waals surface area contributed by atoms with E-state index in [2.05, 4.69) is 20.9 Å². The maximum atomic E-state index is 6.01. The molecular weight excluding hydrogens is 240 g/mol. The van der Waals surface area contributed by atoms with Gasteiger partial charge in [0.1, 0.15) is 0 Å². The second-order valence-electron chi connectivity index (χ2n) is 5.23. The molecule has 2 atom stereocenters. The molecule has 0 aromatic carbocycles. The lowest BCUT2D eigenvalue weighted by molar-refractivity contribution is 0.0852. The van der Waals surface area contributed by atoms with Crippen LogP contribution in [-0.4, -0.2) is 41.6 Å². The first kappa shape index (κ1) is 12.4. The Hall–Kier alpha value is -1.62. The number of hydrogen-bond acceptors (Lipinski definition) is 5. The summed E-state index contributed by atoms with van der Waals surface area (Å²) in [5.74, 6) is 0.626. The predicted octanol–water partition coefficient (Wildman–Crippen LogP) is 1.24. The van der Waals surface area contributed by atoms with Crippen LogP contribution in [0.3, 0.4) is 0 Å². The standard InChI is InChI=1S/C14H20N4O/c1-10-4-5-11(7-16-10)13-8-17-14(15)18(13)9-12-3-2-6-19-12/h4-5,7,12-13H,2-3,6,8-9H2,1H3,(H2,15,17). The second-order valence-corrected chi connectivity index (χ2v) is 5.23. The van der Waals surface area contributed by atoms with Crippen molar-refractivity contribution in [3.63, 3.8) is 0 Å². The molecule has 3 heterocycles. The van der Waals surface area contributed by atoms with E-state index in [1.807, 2.05) is 19.2 Å². The lowest BCUT2D eigenvalue weighted by atomic mass is 10.1. The highest BCUT2D eigenvalue weighted by Crippen LogP contribution is 2.27. The van der Waals surface area contributed by atoms with E-state index in [0.717, 1.165) is 31.7 Å². The third-order valence-electron chi connectivity index (χ3n) is 3.84. The lowest BCUT2D eigenvalue weighted by Gasteiger charge is -2.28. The molecule has 1 saturated heterocycles. The van der Waals surface area contributed by atoms with E-state index in [9.17, 15) is 0 Å². The zero-order valence-electron chi connectivity index (χ0n) is 11.2. The summed E-state index contributed by atoms with van der Waals surface area (Å²) < 4.78 is 5.70. The maximum absolute atomic E-state index is 6.01. The average Bonchev–Trinajstić information content (AvgIpc) is 3.03. The van der Waals surface area contributed by atoms with Gasteiger partial charge < -0.3 is 15.4 Å². The monoisotopic (exact) mass is 260 g/mol. The molecule has 19 heavy (non-hydrogen) atoms. The fourth-order valence-corrected chi connectivity index (χ4v) is 2.72. The molecule has 2 aliphatic rings. The van der Waals surface area contributed by atoms with E-state index in [-0.39, 0.29) is 12.1 Å². The second kappa shape index (κ2) is 5.17. The molecular formula is C14H20N4O. The van der Waals surface area contributed by atoms with E-state index in [1.165, 1.54) is 5.56 Å². The summed E-state index contributed by atoms with van der Waals surface area (Å²) in [5, 5.41) is 0. The van der Waals surface area contributed by atoms with Crippen LogP contribution in [0.5, 0.6) is 0 Å². The van der Waals surface area contributed by atoms with E-state index in [4.69, 9.17) is 10.5 Å². The molecule has 0 spiro atoms. The molecule has 0 aliphatic carbocycles. The molecule has 5 heteroatoms. The molecule has 2 unspecified atom stereocenters. The number of nitrogens with zero attached hydrogens (tertiary/aromatic N) is 3. The minimum atomic E-state index is 0.206. The van der Waals surface area contributed by atoms with Crippen LogP contribution in [0.15, 0.2) is 23.3 Å². The minimum Gasteiger partial charge on any atom is -0.376 e. The van der Waals surface area contributed by atoms with Crippen LogP contribution >= 0.6 is 0 Å². The molecule has 2 N–H and O–H groups in total. The summed E-state index contributed by atoms with van der Waals surface area (Å²) in [4.78, 5) is 10.9. The van der Waals surface area contributed by atoms with Gasteiger partial charge in [0.15, 0.2) is 5.96 Å². The molecule has 3 rings (SSSR count). The molecule has 2 aliphatic heterocycles. The Kier molecular flexibility index (Phi) is 3.38. The summed E-state index contributed by atoms with van der Waals surface area (Å²) >= 11 is 0. The van der Waals surface area contributed by atoms with Gasteiger partial charge >= 0.3 is 0 Å². The number of nitrogens with two attached hydrogens (primary N) is 1. The van der Waals surface area contributed by atoms with Gasteiger partial charge in [-0.15, -0.1) is 0 Å². The van der Waals surface area contributed by atoms with Gasteiger partial charge in [-0.05, 0) is 31.4 Å². The number of guanidine groups is 1. The zero-order chi connectivity index (χ0) is 13.2. The summed E-state index contributed by atoms with van der Waals surface area (Å²) in [6, 6.07) is 4.36. The van der Waals surface area contributed by atoms with E-state index >= 15 is 0 Å². The first-order valence-electron chi connectivity index (χ1n) is 6.85. The van der Waals surface area contributed by atoms with Crippen LogP contribution < -0.4 is 5.73 Å².